The summed E-state index contributed by atoms with van der Waals surface area (Å²) in [6.07, 6.45) is 0. The Bertz CT molecular complexity index is 337. The van der Waals surface area contributed by atoms with Gasteiger partial charge in [-0.25, -0.2) is 0 Å². The van der Waals surface area contributed by atoms with Crippen molar-refractivity contribution in [1.29, 1.82) is 0 Å². The normalized spacial score (nSPS) is 13.6. The molecule has 0 spiro atoms. The molecule has 0 bridgehead atoms. The average molecular weight is 464 g/mol. The molecule has 0 N–H and O–H groups in total. The van der Waals surface area contributed by atoms with Crippen molar-refractivity contribution in [3.63, 3.8) is 0 Å². The molecule has 0 aliphatic heterocycles. The van der Waals surface area contributed by atoms with Gasteiger partial charge in [0.2, 0.25) is 0 Å². The van der Waals surface area contributed by atoms with E-state index in [1.54, 1.807) is 0 Å². The van der Waals surface area contributed by atoms with E-state index in [-0.39, 0.29) is 10.6 Å². The van der Waals surface area contributed by atoms with Gasteiger partial charge in [-0.2, -0.15) is 0 Å². The van der Waals surface area contributed by atoms with Crippen LogP contribution >= 0.6 is 63.7 Å². The first kappa shape index (κ1) is 13.9. The zero-order chi connectivity index (χ0) is 11.5. The van der Waals surface area contributed by atoms with Crippen LogP contribution in [0.1, 0.15) is 10.4 Å². The molecule has 1 aromatic carbocycles. The lowest BCUT2D eigenvalue weighted by atomic mass is 10.1. The summed E-state index contributed by atoms with van der Waals surface area (Å²) < 4.78 is -0.773. The fourth-order valence-electron chi connectivity index (χ4n) is 1.06. The smallest absolute Gasteiger partial charge is 0.172 e. The van der Waals surface area contributed by atoms with E-state index in [9.17, 15) is 4.79 Å². The van der Waals surface area contributed by atoms with Crippen molar-refractivity contribution in [3.8, 4) is 0 Å². The molecule has 0 fully saturated rings. The van der Waals surface area contributed by atoms with E-state index in [1.807, 2.05) is 30.3 Å². The van der Waals surface area contributed by atoms with Crippen molar-refractivity contribution in [2.75, 3.05) is 5.33 Å². The first-order valence-electron chi connectivity index (χ1n) is 4.16. The highest BCUT2D eigenvalue weighted by molar-refractivity contribution is 9.26. The van der Waals surface area contributed by atoms with E-state index in [2.05, 4.69) is 63.7 Å². The van der Waals surface area contributed by atoms with Gasteiger partial charge in [0.25, 0.3) is 0 Å². The number of carbonyl (C=O) groups excluding carboxylic acids is 1. The third-order valence-corrected chi connectivity index (χ3v) is 6.66. The van der Waals surface area contributed by atoms with Crippen molar-refractivity contribution in [1.82, 2.24) is 0 Å². The van der Waals surface area contributed by atoms with E-state index >= 15 is 0 Å². The predicted molar refractivity (Wildman–Crippen MR) is 77.5 cm³/mol. The summed E-state index contributed by atoms with van der Waals surface area (Å²) in [5.41, 5.74) is 1.04. The van der Waals surface area contributed by atoms with Crippen molar-refractivity contribution in [2.24, 2.45) is 0 Å². The summed E-state index contributed by atoms with van der Waals surface area (Å²) in [5.74, 6) is 0.0354. The standard InChI is InChI=1S/C10H8Br4O/c11-6-8(15)10(13,14)9(12)7-4-2-1-3-5-7/h1-5,9H,6H2. The Labute approximate surface area is 123 Å². The first-order valence-corrected chi connectivity index (χ1v) is 7.78. The maximum Gasteiger partial charge on any atom is 0.172 e. The highest BCUT2D eigenvalue weighted by Crippen LogP contribution is 2.46. The van der Waals surface area contributed by atoms with Crippen LogP contribution in [0.15, 0.2) is 30.3 Å². The quantitative estimate of drug-likeness (QED) is 0.598. The zero-order valence-electron chi connectivity index (χ0n) is 7.59. The predicted octanol–water partition coefficient (Wildman–Crippen LogP) is 4.57. The number of alkyl halides is 4. The molecule has 0 radical (unpaired) electrons. The summed E-state index contributed by atoms with van der Waals surface area (Å²) in [6.45, 7) is 0. The van der Waals surface area contributed by atoms with Crippen LogP contribution in [0.25, 0.3) is 0 Å². The Morgan fingerprint density at radius 3 is 2.27 bits per heavy atom. The number of ketones is 1. The largest absolute Gasteiger partial charge is 0.296 e. The Balaban J connectivity index is 2.94. The van der Waals surface area contributed by atoms with Gasteiger partial charge in [0.15, 0.2) is 9.02 Å². The lowest BCUT2D eigenvalue weighted by Crippen LogP contribution is -2.30. The van der Waals surface area contributed by atoms with Crippen LogP contribution < -0.4 is 0 Å². The maximum atomic E-state index is 11.7. The van der Waals surface area contributed by atoms with Crippen LogP contribution in [-0.2, 0) is 4.79 Å². The van der Waals surface area contributed by atoms with Crippen molar-refractivity contribution >= 4 is 69.5 Å². The Hall–Kier alpha value is 0.810. The summed E-state index contributed by atoms with van der Waals surface area (Å²) in [7, 11) is 0. The van der Waals surface area contributed by atoms with Crippen molar-refractivity contribution in [3.05, 3.63) is 35.9 Å². The lowest BCUT2D eigenvalue weighted by Gasteiger charge is -2.24. The summed E-state index contributed by atoms with van der Waals surface area (Å²) in [5, 5.41) is 0.304. The molecule has 5 heteroatoms. The minimum Gasteiger partial charge on any atom is -0.296 e. The van der Waals surface area contributed by atoms with Crippen LogP contribution in [0, 0.1) is 0 Å². The molecular weight excluding hydrogens is 456 g/mol. The van der Waals surface area contributed by atoms with Gasteiger partial charge >= 0.3 is 0 Å². The second kappa shape index (κ2) is 5.94. The topological polar surface area (TPSA) is 17.1 Å². The van der Waals surface area contributed by atoms with Crippen LogP contribution in [0.4, 0.5) is 0 Å². The van der Waals surface area contributed by atoms with Crippen LogP contribution in [0.3, 0.4) is 0 Å². The Morgan fingerprint density at radius 1 is 1.27 bits per heavy atom. The second-order valence-electron chi connectivity index (χ2n) is 2.95. The molecule has 82 valence electrons. The number of benzene rings is 1. The first-order chi connectivity index (χ1) is 7.00. The zero-order valence-corrected chi connectivity index (χ0v) is 13.9. The SMILES string of the molecule is O=C(CBr)C(Br)(Br)C(Br)c1ccccc1. The molecule has 0 aromatic heterocycles. The number of hydrogen-bond donors (Lipinski definition) is 0. The van der Waals surface area contributed by atoms with E-state index in [4.69, 9.17) is 0 Å². The Morgan fingerprint density at radius 2 is 1.80 bits per heavy atom. The van der Waals surface area contributed by atoms with Crippen molar-refractivity contribution in [2.45, 2.75) is 8.06 Å². The van der Waals surface area contributed by atoms with Crippen LogP contribution in [-0.4, -0.2) is 14.3 Å². The number of rotatable bonds is 4. The van der Waals surface area contributed by atoms with E-state index < -0.39 is 3.23 Å². The maximum absolute atomic E-state index is 11.7. The summed E-state index contributed by atoms with van der Waals surface area (Å²) in [4.78, 5) is 11.6. The van der Waals surface area contributed by atoms with E-state index in [0.717, 1.165) is 5.56 Å². The highest BCUT2D eigenvalue weighted by atomic mass is 79.9. The molecule has 1 rings (SSSR count). The van der Waals surface area contributed by atoms with Gasteiger partial charge in [-0.1, -0.05) is 94.1 Å². The van der Waals surface area contributed by atoms with Gasteiger partial charge in [-0.3, -0.25) is 4.79 Å². The molecule has 0 saturated carbocycles. The fraction of sp³-hybridized carbons (Fsp3) is 0.300. The monoisotopic (exact) mass is 460 g/mol. The molecule has 0 amide bonds. The third-order valence-electron chi connectivity index (χ3n) is 1.90. The molecule has 0 aliphatic rings. The Kier molecular flexibility index (Phi) is 5.49. The van der Waals surface area contributed by atoms with Gasteiger partial charge in [0.05, 0.1) is 10.2 Å². The second-order valence-corrected chi connectivity index (χ2v) is 8.00. The molecule has 1 nitrogen and oxygen atoms in total. The number of halogens is 4. The van der Waals surface area contributed by atoms with Gasteiger partial charge in [-0.05, 0) is 5.56 Å². The molecule has 1 unspecified atom stereocenters. The number of Topliss-reactive ketones (excluding diaryl/α,β-unsaturated/α-hetero) is 1. The minimum atomic E-state index is -0.773. The average Bonchev–Trinajstić information content (AvgIpc) is 2.28. The molecule has 1 atom stereocenters. The summed E-state index contributed by atoms with van der Waals surface area (Å²) in [6, 6.07) is 9.77. The third kappa shape index (κ3) is 3.38. The van der Waals surface area contributed by atoms with E-state index in [0.29, 0.717) is 5.33 Å². The lowest BCUT2D eigenvalue weighted by molar-refractivity contribution is -0.116. The summed E-state index contributed by atoms with van der Waals surface area (Å²) >= 11 is 13.5. The fourth-order valence-corrected chi connectivity index (χ4v) is 3.63. The molecule has 15 heavy (non-hydrogen) atoms. The molecule has 1 aromatic rings. The van der Waals surface area contributed by atoms with Crippen LogP contribution in [0.2, 0.25) is 0 Å². The van der Waals surface area contributed by atoms with Gasteiger partial charge < -0.3 is 0 Å². The van der Waals surface area contributed by atoms with Crippen LogP contribution in [0.5, 0.6) is 0 Å². The van der Waals surface area contributed by atoms with Crippen molar-refractivity contribution < 1.29 is 4.79 Å². The van der Waals surface area contributed by atoms with E-state index in [1.165, 1.54) is 0 Å². The molecular formula is C10H8Br4O. The minimum absolute atomic E-state index is 0.0354. The number of carbonyl (C=O) groups is 1. The molecule has 0 saturated heterocycles. The van der Waals surface area contributed by atoms with Gasteiger partial charge in [0, 0.05) is 0 Å². The molecule has 0 heterocycles. The molecule has 0 aliphatic carbocycles. The van der Waals surface area contributed by atoms with Gasteiger partial charge in [0.1, 0.15) is 0 Å². The van der Waals surface area contributed by atoms with Gasteiger partial charge in [-0.15, -0.1) is 0 Å². The number of hydrogen-bond acceptors (Lipinski definition) is 1. The highest BCUT2D eigenvalue weighted by Gasteiger charge is 2.39.